The van der Waals surface area contributed by atoms with Crippen molar-refractivity contribution in [3.8, 4) is 0 Å². The SMILES string of the molecule is C/C=C(\C)C1=C=CC=C1. The molecule has 0 saturated heterocycles. The molecule has 0 aliphatic heterocycles. The van der Waals surface area contributed by atoms with Gasteiger partial charge in [0.1, 0.15) is 0 Å². The van der Waals surface area contributed by atoms with E-state index in [0.717, 1.165) is 0 Å². The Morgan fingerprint density at radius 3 is 2.89 bits per heavy atom. The van der Waals surface area contributed by atoms with Crippen LogP contribution in [0.3, 0.4) is 0 Å². The fraction of sp³-hybridized carbons (Fsp3) is 0.222. The smallest absolute Gasteiger partial charge is 0.0190 e. The lowest BCUT2D eigenvalue weighted by molar-refractivity contribution is 1.41. The highest BCUT2D eigenvalue weighted by atomic mass is 14.0. The number of hydrogen-bond acceptors (Lipinski definition) is 0. The molecule has 0 heterocycles. The first-order valence-electron chi connectivity index (χ1n) is 3.11. The third-order valence-corrected chi connectivity index (χ3v) is 1.46. The number of allylic oxidation sites excluding steroid dienone is 5. The molecule has 0 fully saturated rings. The summed E-state index contributed by atoms with van der Waals surface area (Å²) in [5, 5.41) is 0. The van der Waals surface area contributed by atoms with Crippen LogP contribution in [0, 0.1) is 0 Å². The summed E-state index contributed by atoms with van der Waals surface area (Å²) in [5.41, 5.74) is 5.62. The van der Waals surface area contributed by atoms with Crippen LogP contribution in [0.4, 0.5) is 0 Å². The standard InChI is InChI=1S/C9H10/c1-3-8(2)9-6-4-5-7-9/h3-6H,1-2H3/b8-3+. The summed E-state index contributed by atoms with van der Waals surface area (Å²) in [6, 6.07) is 0. The Hall–Kier alpha value is -1.00. The zero-order valence-corrected chi connectivity index (χ0v) is 5.81. The van der Waals surface area contributed by atoms with Gasteiger partial charge in [0, 0.05) is 5.57 Å². The molecule has 0 heteroatoms. The lowest BCUT2D eigenvalue weighted by Crippen LogP contribution is -1.73. The minimum atomic E-state index is 1.21. The molecule has 1 aliphatic carbocycles. The molecule has 0 nitrogen and oxygen atoms in total. The van der Waals surface area contributed by atoms with Crippen LogP contribution in [0.15, 0.2) is 41.2 Å². The van der Waals surface area contributed by atoms with Crippen molar-refractivity contribution < 1.29 is 0 Å². The van der Waals surface area contributed by atoms with Crippen LogP contribution in [0.2, 0.25) is 0 Å². The zero-order valence-electron chi connectivity index (χ0n) is 5.81. The Balaban J connectivity index is 2.88. The van der Waals surface area contributed by atoms with E-state index in [4.69, 9.17) is 0 Å². The monoisotopic (exact) mass is 118 g/mol. The molecule has 0 radical (unpaired) electrons. The average molecular weight is 118 g/mol. The van der Waals surface area contributed by atoms with Gasteiger partial charge in [0.25, 0.3) is 0 Å². The average Bonchev–Trinajstić information content (AvgIpc) is 2.37. The van der Waals surface area contributed by atoms with E-state index in [1.807, 2.05) is 19.1 Å². The Bertz CT molecular complexity index is 220. The van der Waals surface area contributed by atoms with Crippen molar-refractivity contribution in [1.29, 1.82) is 0 Å². The van der Waals surface area contributed by atoms with E-state index in [1.165, 1.54) is 11.1 Å². The summed E-state index contributed by atoms with van der Waals surface area (Å²) in [5.74, 6) is 0. The minimum Gasteiger partial charge on any atom is -0.113 e. The van der Waals surface area contributed by atoms with E-state index in [2.05, 4.69) is 24.8 Å². The van der Waals surface area contributed by atoms with E-state index in [0.29, 0.717) is 0 Å². The molecule has 0 amide bonds. The molecule has 1 rings (SSSR count). The molecule has 0 unspecified atom stereocenters. The van der Waals surface area contributed by atoms with Gasteiger partial charge in [0.2, 0.25) is 0 Å². The van der Waals surface area contributed by atoms with Crippen molar-refractivity contribution in [2.45, 2.75) is 13.8 Å². The van der Waals surface area contributed by atoms with Gasteiger partial charge in [-0.2, -0.15) is 0 Å². The van der Waals surface area contributed by atoms with E-state index in [9.17, 15) is 0 Å². The van der Waals surface area contributed by atoms with Crippen LogP contribution in [0.1, 0.15) is 13.8 Å². The molecular weight excluding hydrogens is 108 g/mol. The minimum absolute atomic E-state index is 1.21. The van der Waals surface area contributed by atoms with Gasteiger partial charge in [-0.15, -0.1) is 5.73 Å². The van der Waals surface area contributed by atoms with Gasteiger partial charge in [-0.3, -0.25) is 0 Å². The maximum Gasteiger partial charge on any atom is 0.0190 e. The predicted octanol–water partition coefficient (Wildman–Crippen LogP) is 2.60. The highest BCUT2D eigenvalue weighted by Gasteiger charge is 1.93. The topological polar surface area (TPSA) is 0 Å². The van der Waals surface area contributed by atoms with Gasteiger partial charge < -0.3 is 0 Å². The van der Waals surface area contributed by atoms with Gasteiger partial charge >= 0.3 is 0 Å². The van der Waals surface area contributed by atoms with Crippen LogP contribution in [-0.4, -0.2) is 0 Å². The fourth-order valence-electron chi connectivity index (χ4n) is 0.731. The zero-order chi connectivity index (χ0) is 6.69. The first-order chi connectivity index (χ1) is 4.34. The summed E-state index contributed by atoms with van der Waals surface area (Å²) >= 11 is 0. The first kappa shape index (κ1) is 6.12. The molecular formula is C9H10. The van der Waals surface area contributed by atoms with Crippen molar-refractivity contribution in [3.63, 3.8) is 0 Å². The lowest BCUT2D eigenvalue weighted by atomic mass is 10.1. The molecule has 0 N–H and O–H groups in total. The molecule has 0 atom stereocenters. The van der Waals surface area contributed by atoms with Gasteiger partial charge in [-0.05, 0) is 31.6 Å². The van der Waals surface area contributed by atoms with Gasteiger partial charge in [0.05, 0.1) is 0 Å². The second-order valence-electron chi connectivity index (χ2n) is 2.06. The second kappa shape index (κ2) is 2.52. The van der Waals surface area contributed by atoms with Crippen molar-refractivity contribution in [2.24, 2.45) is 0 Å². The molecule has 0 aromatic heterocycles. The third kappa shape index (κ3) is 1.22. The van der Waals surface area contributed by atoms with E-state index >= 15 is 0 Å². The van der Waals surface area contributed by atoms with Gasteiger partial charge in [0.15, 0.2) is 0 Å². The fourth-order valence-corrected chi connectivity index (χ4v) is 0.731. The molecule has 0 bridgehead atoms. The Morgan fingerprint density at radius 1 is 1.67 bits per heavy atom. The van der Waals surface area contributed by atoms with Crippen molar-refractivity contribution in [3.05, 3.63) is 41.2 Å². The highest BCUT2D eigenvalue weighted by Crippen LogP contribution is 2.11. The first-order valence-corrected chi connectivity index (χ1v) is 3.11. The lowest BCUT2D eigenvalue weighted by Gasteiger charge is -1.92. The normalized spacial score (nSPS) is 16.7. The van der Waals surface area contributed by atoms with Crippen LogP contribution in [0.5, 0.6) is 0 Å². The molecule has 0 spiro atoms. The van der Waals surface area contributed by atoms with Crippen molar-refractivity contribution >= 4 is 0 Å². The van der Waals surface area contributed by atoms with E-state index in [-0.39, 0.29) is 0 Å². The summed E-state index contributed by atoms with van der Waals surface area (Å²) < 4.78 is 0. The van der Waals surface area contributed by atoms with Gasteiger partial charge in [-0.25, -0.2) is 0 Å². The van der Waals surface area contributed by atoms with Gasteiger partial charge in [-0.1, -0.05) is 12.2 Å². The maximum atomic E-state index is 3.12. The molecule has 0 saturated carbocycles. The van der Waals surface area contributed by atoms with Crippen LogP contribution in [0.25, 0.3) is 0 Å². The molecule has 0 aromatic carbocycles. The summed E-state index contributed by atoms with van der Waals surface area (Å²) in [7, 11) is 0. The summed E-state index contributed by atoms with van der Waals surface area (Å²) in [6.45, 7) is 4.13. The second-order valence-corrected chi connectivity index (χ2v) is 2.06. The number of rotatable bonds is 1. The Morgan fingerprint density at radius 2 is 2.44 bits per heavy atom. The quantitative estimate of drug-likeness (QED) is 0.464. The van der Waals surface area contributed by atoms with Crippen LogP contribution >= 0.6 is 0 Å². The Labute approximate surface area is 55.9 Å². The molecule has 0 aromatic rings. The molecule has 46 valence electrons. The van der Waals surface area contributed by atoms with Crippen LogP contribution < -0.4 is 0 Å². The summed E-state index contributed by atoms with van der Waals surface area (Å²) in [6.07, 6.45) is 8.09. The Kier molecular flexibility index (Phi) is 1.72. The molecule has 1 aliphatic rings. The van der Waals surface area contributed by atoms with Crippen molar-refractivity contribution in [1.82, 2.24) is 0 Å². The summed E-state index contributed by atoms with van der Waals surface area (Å²) in [4.78, 5) is 0. The number of hydrogen-bond donors (Lipinski definition) is 0. The maximum absolute atomic E-state index is 3.12. The van der Waals surface area contributed by atoms with Crippen molar-refractivity contribution in [2.75, 3.05) is 0 Å². The predicted molar refractivity (Wildman–Crippen MR) is 40.2 cm³/mol. The van der Waals surface area contributed by atoms with E-state index in [1.54, 1.807) is 0 Å². The van der Waals surface area contributed by atoms with Crippen LogP contribution in [-0.2, 0) is 0 Å². The van der Waals surface area contributed by atoms with E-state index < -0.39 is 0 Å². The largest absolute Gasteiger partial charge is 0.113 e. The highest BCUT2D eigenvalue weighted by molar-refractivity contribution is 5.42. The molecule has 9 heavy (non-hydrogen) atoms. The third-order valence-electron chi connectivity index (χ3n) is 1.46.